The summed E-state index contributed by atoms with van der Waals surface area (Å²) in [7, 11) is 0. The van der Waals surface area contributed by atoms with Crippen molar-refractivity contribution in [2.75, 3.05) is 13.2 Å². The molecule has 3 aromatic carbocycles. The fourth-order valence-electron chi connectivity index (χ4n) is 3.05. The second-order valence-electron chi connectivity index (χ2n) is 7.12. The Morgan fingerprint density at radius 1 is 0.848 bits per heavy atom. The number of ether oxygens (including phenoxy) is 3. The molecule has 0 saturated carbocycles. The molecule has 3 aromatic rings. The van der Waals surface area contributed by atoms with Crippen LogP contribution in [0.1, 0.15) is 18.1 Å². The van der Waals surface area contributed by atoms with E-state index in [0.717, 1.165) is 0 Å². The van der Waals surface area contributed by atoms with Crippen molar-refractivity contribution in [3.8, 4) is 17.2 Å². The topological polar surface area (TPSA) is 47.9 Å². The summed E-state index contributed by atoms with van der Waals surface area (Å²) in [6.07, 6.45) is -5.27. The predicted octanol–water partition coefficient (Wildman–Crippen LogP) is 6.12. The molecule has 0 amide bonds. The van der Waals surface area contributed by atoms with Crippen molar-refractivity contribution in [3.05, 3.63) is 89.5 Å². The van der Waals surface area contributed by atoms with Crippen LogP contribution >= 0.6 is 0 Å². The van der Waals surface area contributed by atoms with E-state index in [-0.39, 0.29) is 13.2 Å². The van der Waals surface area contributed by atoms with Gasteiger partial charge in [-0.2, -0.15) is 13.2 Å². The molecule has 0 aliphatic heterocycles. The average molecular weight is 468 g/mol. The molecule has 0 radical (unpaired) electrons. The van der Waals surface area contributed by atoms with E-state index < -0.39 is 41.3 Å². The third-order valence-corrected chi connectivity index (χ3v) is 4.69. The van der Waals surface area contributed by atoms with Crippen LogP contribution in [0.3, 0.4) is 0 Å². The van der Waals surface area contributed by atoms with Gasteiger partial charge in [0, 0.05) is 5.56 Å². The molecule has 1 atom stereocenters. The van der Waals surface area contributed by atoms with E-state index >= 15 is 0 Å². The molecule has 3 rings (SSSR count). The first-order valence-electron chi connectivity index (χ1n) is 9.95. The molecule has 0 aliphatic rings. The summed E-state index contributed by atoms with van der Waals surface area (Å²) < 4.78 is 84.9. The summed E-state index contributed by atoms with van der Waals surface area (Å²) >= 11 is 0. The highest BCUT2D eigenvalue weighted by molar-refractivity contribution is 5.36. The second kappa shape index (κ2) is 10.2. The minimum Gasteiger partial charge on any atom is -0.488 e. The quantitative estimate of drug-likeness (QED) is 0.384. The predicted molar refractivity (Wildman–Crippen MR) is 110 cm³/mol. The van der Waals surface area contributed by atoms with Gasteiger partial charge in [-0.25, -0.2) is 8.78 Å². The number of halogens is 5. The summed E-state index contributed by atoms with van der Waals surface area (Å²) in [6, 6.07) is 16.1. The van der Waals surface area contributed by atoms with Gasteiger partial charge in [-0.05, 0) is 48.9 Å². The molecule has 0 aromatic heterocycles. The number of benzene rings is 3. The highest BCUT2D eigenvalue weighted by atomic mass is 19.4. The van der Waals surface area contributed by atoms with Gasteiger partial charge in [0.15, 0.2) is 17.4 Å². The van der Waals surface area contributed by atoms with Crippen LogP contribution in [0.2, 0.25) is 0 Å². The van der Waals surface area contributed by atoms with Gasteiger partial charge >= 0.3 is 6.18 Å². The SMILES string of the molecule is CCOc1c(F)cc([C@](O)(COCc2cccc(Oc3ccccc3)c2)C(F)(F)F)cc1F. The Labute approximate surface area is 187 Å². The summed E-state index contributed by atoms with van der Waals surface area (Å²) in [5.74, 6) is -2.53. The Hall–Kier alpha value is -3.17. The van der Waals surface area contributed by atoms with Crippen LogP contribution in [0.4, 0.5) is 22.0 Å². The van der Waals surface area contributed by atoms with Crippen molar-refractivity contribution < 1.29 is 41.3 Å². The van der Waals surface area contributed by atoms with Gasteiger partial charge in [-0.1, -0.05) is 30.3 Å². The van der Waals surface area contributed by atoms with Crippen molar-refractivity contribution in [3.63, 3.8) is 0 Å². The molecule has 0 saturated heterocycles. The minimum atomic E-state index is -5.27. The van der Waals surface area contributed by atoms with Crippen molar-refractivity contribution in [1.29, 1.82) is 0 Å². The van der Waals surface area contributed by atoms with Gasteiger partial charge in [0.1, 0.15) is 11.5 Å². The molecule has 0 heterocycles. The second-order valence-corrected chi connectivity index (χ2v) is 7.12. The van der Waals surface area contributed by atoms with Gasteiger partial charge in [-0.15, -0.1) is 0 Å². The van der Waals surface area contributed by atoms with Crippen LogP contribution in [0.25, 0.3) is 0 Å². The molecule has 9 heteroatoms. The molecule has 0 spiro atoms. The fourth-order valence-corrected chi connectivity index (χ4v) is 3.05. The van der Waals surface area contributed by atoms with Crippen LogP contribution in [-0.4, -0.2) is 24.5 Å². The third kappa shape index (κ3) is 5.80. The number of aliphatic hydroxyl groups is 1. The smallest absolute Gasteiger partial charge is 0.423 e. The molecule has 0 fully saturated rings. The normalized spacial score (nSPS) is 13.4. The highest BCUT2D eigenvalue weighted by Gasteiger charge is 2.56. The Bertz CT molecular complexity index is 1050. The standard InChI is InChI=1S/C24H21F5O4/c1-2-32-22-20(25)12-17(13-21(22)26)23(30,24(27,28)29)15-31-14-16-7-6-10-19(11-16)33-18-8-4-3-5-9-18/h3-13,30H,2,14-15H2,1H3/t23-/m1/s1. The summed E-state index contributed by atoms with van der Waals surface area (Å²) in [6.45, 7) is -0.223. The zero-order chi connectivity index (χ0) is 24.1. The molecule has 33 heavy (non-hydrogen) atoms. The van der Waals surface area contributed by atoms with Crippen LogP contribution in [0.15, 0.2) is 66.7 Å². The Kier molecular flexibility index (Phi) is 7.55. The first-order chi connectivity index (χ1) is 15.6. The Balaban J connectivity index is 1.75. The van der Waals surface area contributed by atoms with Crippen LogP contribution in [0.5, 0.6) is 17.2 Å². The van der Waals surface area contributed by atoms with E-state index in [1.165, 1.54) is 6.92 Å². The van der Waals surface area contributed by atoms with E-state index in [0.29, 0.717) is 29.2 Å². The molecular weight excluding hydrogens is 447 g/mol. The molecule has 0 aliphatic carbocycles. The molecular formula is C24H21F5O4. The lowest BCUT2D eigenvalue weighted by atomic mass is 9.93. The Morgan fingerprint density at radius 2 is 1.48 bits per heavy atom. The number of para-hydroxylation sites is 1. The van der Waals surface area contributed by atoms with Gasteiger partial charge in [0.2, 0.25) is 5.60 Å². The maximum absolute atomic E-state index is 14.1. The minimum absolute atomic E-state index is 0.0904. The van der Waals surface area contributed by atoms with Gasteiger partial charge in [0.05, 0.1) is 19.8 Å². The maximum Gasteiger partial charge on any atom is 0.423 e. The first-order valence-corrected chi connectivity index (χ1v) is 9.95. The summed E-state index contributed by atoms with van der Waals surface area (Å²) in [5, 5.41) is 10.4. The van der Waals surface area contributed by atoms with E-state index in [9.17, 15) is 27.1 Å². The van der Waals surface area contributed by atoms with Gasteiger partial charge < -0.3 is 19.3 Å². The van der Waals surface area contributed by atoms with Gasteiger partial charge in [-0.3, -0.25) is 0 Å². The summed E-state index contributed by atoms with van der Waals surface area (Å²) in [5.41, 5.74) is -4.20. The monoisotopic (exact) mass is 468 g/mol. The number of rotatable bonds is 9. The van der Waals surface area contributed by atoms with E-state index in [1.807, 2.05) is 6.07 Å². The molecule has 0 unspecified atom stereocenters. The number of hydrogen-bond donors (Lipinski definition) is 1. The lowest BCUT2D eigenvalue weighted by molar-refractivity contribution is -0.283. The third-order valence-electron chi connectivity index (χ3n) is 4.69. The van der Waals surface area contributed by atoms with E-state index in [2.05, 4.69) is 0 Å². The molecule has 1 N–H and O–H groups in total. The fraction of sp³-hybridized carbons (Fsp3) is 0.250. The van der Waals surface area contributed by atoms with Crippen LogP contribution in [0, 0.1) is 11.6 Å². The van der Waals surface area contributed by atoms with Crippen molar-refractivity contribution in [2.45, 2.75) is 25.3 Å². The van der Waals surface area contributed by atoms with E-state index in [4.69, 9.17) is 14.2 Å². The Morgan fingerprint density at radius 3 is 2.09 bits per heavy atom. The van der Waals surface area contributed by atoms with E-state index in [1.54, 1.807) is 48.5 Å². The zero-order valence-electron chi connectivity index (χ0n) is 17.5. The molecule has 176 valence electrons. The number of alkyl halides is 3. The van der Waals surface area contributed by atoms with Crippen LogP contribution < -0.4 is 9.47 Å². The largest absolute Gasteiger partial charge is 0.488 e. The zero-order valence-corrected chi connectivity index (χ0v) is 17.5. The lowest BCUT2D eigenvalue weighted by Crippen LogP contribution is -2.46. The highest BCUT2D eigenvalue weighted by Crippen LogP contribution is 2.41. The van der Waals surface area contributed by atoms with Gasteiger partial charge in [0.25, 0.3) is 0 Å². The molecule has 4 nitrogen and oxygen atoms in total. The molecule has 0 bridgehead atoms. The lowest BCUT2D eigenvalue weighted by Gasteiger charge is -2.31. The number of hydrogen-bond acceptors (Lipinski definition) is 4. The first kappa shape index (κ1) is 24.5. The van der Waals surface area contributed by atoms with Crippen molar-refractivity contribution >= 4 is 0 Å². The average Bonchev–Trinajstić information content (AvgIpc) is 2.76. The maximum atomic E-state index is 14.1. The van der Waals surface area contributed by atoms with Crippen molar-refractivity contribution in [1.82, 2.24) is 0 Å². The van der Waals surface area contributed by atoms with Crippen molar-refractivity contribution in [2.24, 2.45) is 0 Å². The van der Waals surface area contributed by atoms with Crippen LogP contribution in [-0.2, 0) is 16.9 Å². The summed E-state index contributed by atoms with van der Waals surface area (Å²) in [4.78, 5) is 0.